The largest absolute Gasteiger partial charge is 0.376 e. The molecule has 0 unspecified atom stereocenters. The van der Waals surface area contributed by atoms with Crippen LogP contribution in [0.1, 0.15) is 38.2 Å². The van der Waals surface area contributed by atoms with Crippen LogP contribution in [0, 0.1) is 5.92 Å². The Morgan fingerprint density at radius 3 is 2.64 bits per heavy atom. The maximum atomic E-state index is 13.0. The molecule has 1 N–H and O–H groups in total. The summed E-state index contributed by atoms with van der Waals surface area (Å²) in [6.07, 6.45) is 6.82. The van der Waals surface area contributed by atoms with Gasteiger partial charge < -0.3 is 15.0 Å². The molecule has 1 aliphatic rings. The van der Waals surface area contributed by atoms with E-state index in [1.165, 1.54) is 0 Å². The van der Waals surface area contributed by atoms with Gasteiger partial charge in [-0.2, -0.15) is 0 Å². The van der Waals surface area contributed by atoms with E-state index >= 15 is 0 Å². The average Bonchev–Trinajstić information content (AvgIpc) is 2.74. The minimum absolute atomic E-state index is 0.00897. The van der Waals surface area contributed by atoms with Gasteiger partial charge in [0.05, 0.1) is 12.1 Å². The van der Waals surface area contributed by atoms with E-state index in [4.69, 9.17) is 4.74 Å². The van der Waals surface area contributed by atoms with Gasteiger partial charge in [-0.15, -0.1) is 0 Å². The lowest BCUT2D eigenvalue weighted by Crippen LogP contribution is -2.45. The number of hydrogen-bond acceptors (Lipinski definition) is 5. The zero-order valence-electron chi connectivity index (χ0n) is 16.8. The van der Waals surface area contributed by atoms with Crippen LogP contribution in [0.5, 0.6) is 0 Å². The number of rotatable bonds is 8. The SMILES string of the molecule is CCCO[C@@H]1C[C@@H](C(=O)N(C)Cc2ccccc2)CC[C@H]1Nc1ncccn1. The van der Waals surface area contributed by atoms with Crippen molar-refractivity contribution in [1.29, 1.82) is 0 Å². The number of anilines is 1. The van der Waals surface area contributed by atoms with E-state index in [1.54, 1.807) is 18.5 Å². The lowest BCUT2D eigenvalue weighted by molar-refractivity contribution is -0.138. The van der Waals surface area contributed by atoms with Gasteiger partial charge in [-0.05, 0) is 37.3 Å². The first kappa shape index (κ1) is 20.3. The molecule has 1 aromatic carbocycles. The van der Waals surface area contributed by atoms with E-state index in [1.807, 2.05) is 30.1 Å². The highest BCUT2D eigenvalue weighted by Crippen LogP contribution is 2.30. The van der Waals surface area contributed by atoms with E-state index in [2.05, 4.69) is 34.3 Å². The van der Waals surface area contributed by atoms with Gasteiger partial charge in [-0.1, -0.05) is 37.3 Å². The molecule has 1 aliphatic carbocycles. The van der Waals surface area contributed by atoms with Crippen LogP contribution in [0.2, 0.25) is 0 Å². The van der Waals surface area contributed by atoms with Gasteiger partial charge in [0.1, 0.15) is 0 Å². The molecule has 0 radical (unpaired) electrons. The highest BCUT2D eigenvalue weighted by Gasteiger charge is 2.36. The molecular weight excluding hydrogens is 352 g/mol. The number of ether oxygens (including phenoxy) is 1. The second kappa shape index (κ2) is 10.2. The van der Waals surface area contributed by atoms with E-state index in [-0.39, 0.29) is 24.0 Å². The fourth-order valence-electron chi connectivity index (χ4n) is 3.76. The summed E-state index contributed by atoms with van der Waals surface area (Å²) in [4.78, 5) is 23.4. The van der Waals surface area contributed by atoms with Crippen LogP contribution in [0.4, 0.5) is 5.95 Å². The van der Waals surface area contributed by atoms with Crippen LogP contribution >= 0.6 is 0 Å². The number of carbonyl (C=O) groups is 1. The summed E-state index contributed by atoms with van der Waals surface area (Å²) in [7, 11) is 1.89. The molecular formula is C22H30N4O2. The smallest absolute Gasteiger partial charge is 0.225 e. The molecule has 28 heavy (non-hydrogen) atoms. The van der Waals surface area contributed by atoms with E-state index < -0.39 is 0 Å². The highest BCUT2D eigenvalue weighted by atomic mass is 16.5. The molecule has 3 atom stereocenters. The molecule has 3 rings (SSSR count). The zero-order valence-corrected chi connectivity index (χ0v) is 16.8. The molecule has 0 bridgehead atoms. The van der Waals surface area contributed by atoms with Crippen LogP contribution in [-0.2, 0) is 16.1 Å². The second-order valence-corrected chi connectivity index (χ2v) is 7.42. The van der Waals surface area contributed by atoms with Crippen molar-refractivity contribution in [3.63, 3.8) is 0 Å². The van der Waals surface area contributed by atoms with Crippen molar-refractivity contribution < 1.29 is 9.53 Å². The van der Waals surface area contributed by atoms with Crippen molar-refractivity contribution in [2.45, 2.75) is 51.3 Å². The second-order valence-electron chi connectivity index (χ2n) is 7.42. The van der Waals surface area contributed by atoms with Gasteiger partial charge >= 0.3 is 0 Å². The van der Waals surface area contributed by atoms with Gasteiger partial charge in [-0.25, -0.2) is 9.97 Å². The first-order valence-electron chi connectivity index (χ1n) is 10.1. The molecule has 1 saturated carbocycles. The van der Waals surface area contributed by atoms with Crippen molar-refractivity contribution in [3.8, 4) is 0 Å². The lowest BCUT2D eigenvalue weighted by atomic mass is 9.83. The molecule has 0 saturated heterocycles. The molecule has 1 heterocycles. The summed E-state index contributed by atoms with van der Waals surface area (Å²) in [5, 5.41) is 3.40. The molecule has 1 aromatic heterocycles. The van der Waals surface area contributed by atoms with Gasteiger partial charge in [0.25, 0.3) is 0 Å². The van der Waals surface area contributed by atoms with Crippen molar-refractivity contribution in [3.05, 3.63) is 54.4 Å². The molecule has 1 amide bonds. The Morgan fingerprint density at radius 1 is 1.18 bits per heavy atom. The third-order valence-corrected chi connectivity index (χ3v) is 5.20. The lowest BCUT2D eigenvalue weighted by Gasteiger charge is -2.37. The Labute approximate surface area is 167 Å². The van der Waals surface area contributed by atoms with Gasteiger partial charge in [0.2, 0.25) is 11.9 Å². The number of carbonyl (C=O) groups excluding carboxylic acids is 1. The highest BCUT2D eigenvalue weighted by molar-refractivity contribution is 5.78. The fourth-order valence-corrected chi connectivity index (χ4v) is 3.76. The number of aromatic nitrogens is 2. The normalized spacial score (nSPS) is 21.9. The Bertz CT molecular complexity index is 726. The van der Waals surface area contributed by atoms with Crippen LogP contribution < -0.4 is 5.32 Å². The monoisotopic (exact) mass is 382 g/mol. The molecule has 2 aromatic rings. The number of hydrogen-bond donors (Lipinski definition) is 1. The van der Waals surface area contributed by atoms with E-state index in [0.29, 0.717) is 19.1 Å². The first-order chi connectivity index (χ1) is 13.7. The summed E-state index contributed by atoms with van der Waals surface area (Å²) in [6.45, 7) is 3.43. The number of amides is 1. The summed E-state index contributed by atoms with van der Waals surface area (Å²) in [6, 6.07) is 12.0. The van der Waals surface area contributed by atoms with Crippen LogP contribution in [0.15, 0.2) is 48.8 Å². The third kappa shape index (κ3) is 5.52. The van der Waals surface area contributed by atoms with Crippen molar-refractivity contribution in [2.24, 2.45) is 5.92 Å². The zero-order chi connectivity index (χ0) is 19.8. The van der Waals surface area contributed by atoms with Crippen LogP contribution in [-0.4, -0.2) is 46.6 Å². The maximum absolute atomic E-state index is 13.0. The van der Waals surface area contributed by atoms with E-state index in [0.717, 1.165) is 31.2 Å². The average molecular weight is 383 g/mol. The Kier molecular flexibility index (Phi) is 7.37. The van der Waals surface area contributed by atoms with Gasteiger partial charge in [-0.3, -0.25) is 4.79 Å². The fraction of sp³-hybridized carbons (Fsp3) is 0.500. The molecule has 6 heteroatoms. The molecule has 0 spiro atoms. The molecule has 6 nitrogen and oxygen atoms in total. The van der Waals surface area contributed by atoms with Gasteiger partial charge in [0.15, 0.2) is 0 Å². The maximum Gasteiger partial charge on any atom is 0.225 e. The van der Waals surface area contributed by atoms with Crippen molar-refractivity contribution in [1.82, 2.24) is 14.9 Å². The standard InChI is InChI=1S/C22H30N4O2/c1-3-14-28-20-15-18(10-11-19(20)25-22-23-12-7-13-24-22)21(27)26(2)16-17-8-5-4-6-9-17/h4-9,12-13,18-20H,3,10-11,14-16H2,1-2H3,(H,23,24,25)/t18-,19+,20+/m0/s1. The predicted octanol–water partition coefficient (Wildman–Crippen LogP) is 3.51. The number of nitrogens with zero attached hydrogens (tertiary/aromatic N) is 3. The third-order valence-electron chi connectivity index (χ3n) is 5.20. The molecule has 150 valence electrons. The van der Waals surface area contributed by atoms with Crippen molar-refractivity contribution >= 4 is 11.9 Å². The Balaban J connectivity index is 1.61. The summed E-state index contributed by atoms with van der Waals surface area (Å²) in [5.41, 5.74) is 1.15. The summed E-state index contributed by atoms with van der Waals surface area (Å²) >= 11 is 0. The molecule has 1 fully saturated rings. The predicted molar refractivity (Wildman–Crippen MR) is 110 cm³/mol. The quantitative estimate of drug-likeness (QED) is 0.757. The molecule has 0 aliphatic heterocycles. The number of nitrogens with one attached hydrogen (secondary N) is 1. The minimum Gasteiger partial charge on any atom is -0.376 e. The Morgan fingerprint density at radius 2 is 1.93 bits per heavy atom. The van der Waals surface area contributed by atoms with E-state index in [9.17, 15) is 4.79 Å². The Hall–Kier alpha value is -2.47. The van der Waals surface area contributed by atoms with Crippen LogP contribution in [0.3, 0.4) is 0 Å². The first-order valence-corrected chi connectivity index (χ1v) is 10.1. The summed E-state index contributed by atoms with van der Waals surface area (Å²) < 4.78 is 6.11. The van der Waals surface area contributed by atoms with Crippen molar-refractivity contribution in [2.75, 3.05) is 19.0 Å². The van der Waals surface area contributed by atoms with Gasteiger partial charge in [0, 0.05) is 38.5 Å². The summed E-state index contributed by atoms with van der Waals surface area (Å²) in [5.74, 6) is 0.803. The minimum atomic E-state index is -0.0171. The van der Waals surface area contributed by atoms with Crippen LogP contribution in [0.25, 0.3) is 0 Å². The topological polar surface area (TPSA) is 67.3 Å². The number of benzene rings is 1.